The Kier molecular flexibility index (Phi) is 6.57. The molecular formula is C13H20F2O3Si. The Hall–Kier alpha value is -0.823. The molecule has 0 aliphatic heterocycles. The Bertz CT molecular complexity index is 395. The van der Waals surface area contributed by atoms with E-state index in [0.717, 1.165) is 6.07 Å². The average molecular weight is 290 g/mol. The zero-order valence-electron chi connectivity index (χ0n) is 11.5. The molecule has 0 amide bonds. The highest BCUT2D eigenvalue weighted by Gasteiger charge is 2.38. The largest absolute Gasteiger partial charge is 0.501 e. The van der Waals surface area contributed by atoms with Crippen LogP contribution in [0.1, 0.15) is 19.4 Å². The predicted molar refractivity (Wildman–Crippen MR) is 70.9 cm³/mol. The van der Waals surface area contributed by atoms with E-state index in [1.54, 1.807) is 13.2 Å². The molecule has 0 aromatic heterocycles. The molecule has 1 aromatic carbocycles. The Morgan fingerprint density at radius 2 is 1.68 bits per heavy atom. The van der Waals surface area contributed by atoms with Gasteiger partial charge in [-0.25, -0.2) is 8.78 Å². The Balaban J connectivity index is 2.71. The summed E-state index contributed by atoms with van der Waals surface area (Å²) in [5.74, 6) is -1.68. The standard InChI is InChI=1S/C13H20F2O3Si/c1-4-17-19(16-3,18-5-2)9-8-11-6-7-12(14)13(15)10-11/h6-7,10H,4-5,8-9H2,1-3H3. The summed E-state index contributed by atoms with van der Waals surface area (Å²) >= 11 is 0. The van der Waals surface area contributed by atoms with Crippen molar-refractivity contribution in [3.05, 3.63) is 35.4 Å². The van der Waals surface area contributed by atoms with Gasteiger partial charge in [-0.2, -0.15) is 0 Å². The molecule has 3 nitrogen and oxygen atoms in total. The molecule has 0 N–H and O–H groups in total. The van der Waals surface area contributed by atoms with Crippen molar-refractivity contribution < 1.29 is 22.1 Å². The summed E-state index contributed by atoms with van der Waals surface area (Å²) in [6, 6.07) is 4.42. The summed E-state index contributed by atoms with van der Waals surface area (Å²) in [5, 5.41) is 0. The van der Waals surface area contributed by atoms with Crippen molar-refractivity contribution in [2.45, 2.75) is 26.3 Å². The fraction of sp³-hybridized carbons (Fsp3) is 0.538. The predicted octanol–water partition coefficient (Wildman–Crippen LogP) is 3.17. The molecule has 19 heavy (non-hydrogen) atoms. The molecule has 0 spiro atoms. The van der Waals surface area contributed by atoms with Crippen LogP contribution >= 0.6 is 0 Å². The van der Waals surface area contributed by atoms with Crippen molar-refractivity contribution in [2.24, 2.45) is 0 Å². The van der Waals surface area contributed by atoms with Gasteiger partial charge in [0.15, 0.2) is 11.6 Å². The van der Waals surface area contributed by atoms with Gasteiger partial charge in [0.25, 0.3) is 0 Å². The second kappa shape index (κ2) is 7.69. The second-order valence-electron chi connectivity index (χ2n) is 4.00. The van der Waals surface area contributed by atoms with E-state index in [-0.39, 0.29) is 0 Å². The van der Waals surface area contributed by atoms with E-state index in [0.29, 0.717) is 31.2 Å². The fourth-order valence-electron chi connectivity index (χ4n) is 1.84. The lowest BCUT2D eigenvalue weighted by molar-refractivity contribution is 0.0867. The molecule has 0 atom stereocenters. The first-order chi connectivity index (χ1) is 9.06. The maximum Gasteiger partial charge on any atom is 0.501 e. The molecule has 0 radical (unpaired) electrons. The van der Waals surface area contributed by atoms with Gasteiger partial charge in [0.05, 0.1) is 0 Å². The lowest BCUT2D eigenvalue weighted by Gasteiger charge is -2.27. The monoisotopic (exact) mass is 290 g/mol. The van der Waals surface area contributed by atoms with Crippen molar-refractivity contribution in [3.63, 3.8) is 0 Å². The molecule has 0 saturated heterocycles. The normalized spacial score (nSPS) is 11.8. The van der Waals surface area contributed by atoms with Crippen LogP contribution in [0.15, 0.2) is 18.2 Å². The first-order valence-corrected chi connectivity index (χ1v) is 8.27. The first-order valence-electron chi connectivity index (χ1n) is 6.34. The smallest absolute Gasteiger partial charge is 0.377 e. The molecule has 0 saturated carbocycles. The van der Waals surface area contributed by atoms with Gasteiger partial charge in [0, 0.05) is 26.4 Å². The minimum atomic E-state index is -2.70. The molecule has 0 aliphatic rings. The van der Waals surface area contributed by atoms with Gasteiger partial charge in [0.1, 0.15) is 0 Å². The van der Waals surface area contributed by atoms with Crippen LogP contribution in [-0.4, -0.2) is 29.1 Å². The fourth-order valence-corrected chi connectivity index (χ4v) is 4.12. The number of rotatable bonds is 8. The summed E-state index contributed by atoms with van der Waals surface area (Å²) in [6.07, 6.45) is 0.525. The van der Waals surface area contributed by atoms with Gasteiger partial charge < -0.3 is 13.3 Å². The maximum absolute atomic E-state index is 13.1. The van der Waals surface area contributed by atoms with Crippen molar-refractivity contribution in [1.82, 2.24) is 0 Å². The first kappa shape index (κ1) is 16.2. The zero-order valence-corrected chi connectivity index (χ0v) is 12.5. The van der Waals surface area contributed by atoms with E-state index in [2.05, 4.69) is 0 Å². The Morgan fingerprint density at radius 3 is 2.16 bits per heavy atom. The number of benzene rings is 1. The van der Waals surface area contributed by atoms with Crippen LogP contribution in [0.3, 0.4) is 0 Å². The van der Waals surface area contributed by atoms with Crippen LogP contribution in [0.5, 0.6) is 0 Å². The molecule has 0 bridgehead atoms. The SMILES string of the molecule is CCO[Si](CCc1ccc(F)c(F)c1)(OC)OCC. The van der Waals surface area contributed by atoms with E-state index >= 15 is 0 Å². The van der Waals surface area contributed by atoms with E-state index in [1.807, 2.05) is 13.8 Å². The van der Waals surface area contributed by atoms with E-state index in [4.69, 9.17) is 13.3 Å². The second-order valence-corrected chi connectivity index (χ2v) is 6.85. The number of hydrogen-bond acceptors (Lipinski definition) is 3. The highest BCUT2D eigenvalue weighted by molar-refractivity contribution is 6.60. The summed E-state index contributed by atoms with van der Waals surface area (Å²) < 4.78 is 42.6. The van der Waals surface area contributed by atoms with Gasteiger partial charge in [-0.15, -0.1) is 0 Å². The minimum Gasteiger partial charge on any atom is -0.377 e. The molecule has 0 fully saturated rings. The van der Waals surface area contributed by atoms with Gasteiger partial charge in [-0.3, -0.25) is 0 Å². The third-order valence-corrected chi connectivity index (χ3v) is 5.68. The summed E-state index contributed by atoms with van der Waals surface area (Å²) in [5.41, 5.74) is 0.701. The maximum atomic E-state index is 13.1. The van der Waals surface area contributed by atoms with Gasteiger partial charge in [-0.05, 0) is 38.0 Å². The summed E-state index contributed by atoms with van der Waals surface area (Å²) in [6.45, 7) is 4.74. The number of hydrogen-bond donors (Lipinski definition) is 0. The lowest BCUT2D eigenvalue weighted by atomic mass is 10.2. The van der Waals surface area contributed by atoms with Crippen LogP contribution in [-0.2, 0) is 19.7 Å². The highest BCUT2D eigenvalue weighted by atomic mass is 28.4. The minimum absolute atomic E-state index is 0.498. The van der Waals surface area contributed by atoms with E-state index in [1.165, 1.54) is 6.07 Å². The third-order valence-electron chi connectivity index (χ3n) is 2.74. The lowest BCUT2D eigenvalue weighted by Crippen LogP contribution is -2.45. The molecular weight excluding hydrogens is 270 g/mol. The number of aryl methyl sites for hydroxylation is 1. The summed E-state index contributed by atoms with van der Waals surface area (Å²) in [7, 11) is -1.14. The van der Waals surface area contributed by atoms with E-state index in [9.17, 15) is 8.78 Å². The number of halogens is 2. The van der Waals surface area contributed by atoms with Crippen molar-refractivity contribution in [1.29, 1.82) is 0 Å². The molecule has 6 heteroatoms. The Morgan fingerprint density at radius 1 is 1.05 bits per heavy atom. The molecule has 1 aromatic rings. The molecule has 0 unspecified atom stereocenters. The molecule has 108 valence electrons. The van der Waals surface area contributed by atoms with Gasteiger partial charge in [0.2, 0.25) is 0 Å². The Labute approximate surface area is 113 Å². The molecule has 0 aliphatic carbocycles. The molecule has 0 heterocycles. The van der Waals surface area contributed by atoms with Crippen molar-refractivity contribution >= 4 is 8.80 Å². The van der Waals surface area contributed by atoms with Crippen LogP contribution in [0.2, 0.25) is 6.04 Å². The highest BCUT2D eigenvalue weighted by Crippen LogP contribution is 2.19. The van der Waals surface area contributed by atoms with E-state index < -0.39 is 20.4 Å². The van der Waals surface area contributed by atoms with Crippen LogP contribution < -0.4 is 0 Å². The zero-order chi connectivity index (χ0) is 14.3. The van der Waals surface area contributed by atoms with Crippen LogP contribution in [0, 0.1) is 11.6 Å². The summed E-state index contributed by atoms with van der Waals surface area (Å²) in [4.78, 5) is 0. The van der Waals surface area contributed by atoms with Crippen LogP contribution in [0.4, 0.5) is 8.78 Å². The average Bonchev–Trinajstić information content (AvgIpc) is 2.40. The van der Waals surface area contributed by atoms with Crippen molar-refractivity contribution in [3.8, 4) is 0 Å². The van der Waals surface area contributed by atoms with Crippen molar-refractivity contribution in [2.75, 3.05) is 20.3 Å². The molecule has 1 rings (SSSR count). The quantitative estimate of drug-likeness (QED) is 0.688. The van der Waals surface area contributed by atoms with Gasteiger partial charge in [-0.1, -0.05) is 6.07 Å². The van der Waals surface area contributed by atoms with Crippen LogP contribution in [0.25, 0.3) is 0 Å². The van der Waals surface area contributed by atoms with Gasteiger partial charge >= 0.3 is 8.80 Å². The third kappa shape index (κ3) is 4.65. The topological polar surface area (TPSA) is 27.7 Å².